The van der Waals surface area contributed by atoms with Crippen molar-refractivity contribution in [3.05, 3.63) is 89.8 Å². The van der Waals surface area contributed by atoms with Crippen LogP contribution in [0.15, 0.2) is 72.8 Å². The lowest BCUT2D eigenvalue weighted by molar-refractivity contribution is -0.139. The minimum atomic E-state index is -0.770. The van der Waals surface area contributed by atoms with Crippen molar-refractivity contribution in [3.63, 3.8) is 0 Å². The molecular weight excluding hydrogens is 425 g/mol. The summed E-state index contributed by atoms with van der Waals surface area (Å²) in [6.45, 7) is 3.32. The third-order valence-corrected chi connectivity index (χ3v) is 5.54. The van der Waals surface area contributed by atoms with Gasteiger partial charge in [-0.2, -0.15) is 0 Å². The highest BCUT2D eigenvalue weighted by Crippen LogP contribution is 2.39. The minimum Gasteiger partial charge on any atom is -0.507 e. The van der Waals surface area contributed by atoms with Crippen LogP contribution in [0.1, 0.15) is 30.5 Å². The number of ketones is 1. The smallest absolute Gasteiger partial charge is 0.295 e. The Hall–Kier alpha value is -3.94. The monoisotopic (exact) mass is 449 g/mol. The molecule has 2 aromatic carbocycles. The molecule has 170 valence electrons. The molecule has 1 atom stereocenters. The summed E-state index contributed by atoms with van der Waals surface area (Å²) in [5.74, 6) is -1.57. The summed E-state index contributed by atoms with van der Waals surface area (Å²) in [4.78, 5) is 31.5. The SMILES string of the molecule is CCOc1ccc([C@@H]2C(=C(O)c3ccc(F)cc3)C(=O)C(=O)N2CCCn2ccnc2)cc1. The van der Waals surface area contributed by atoms with Crippen LogP contribution in [0.2, 0.25) is 0 Å². The highest BCUT2D eigenvalue weighted by molar-refractivity contribution is 6.46. The summed E-state index contributed by atoms with van der Waals surface area (Å²) < 4.78 is 20.8. The van der Waals surface area contributed by atoms with Gasteiger partial charge in [-0.15, -0.1) is 0 Å². The first-order valence-electron chi connectivity index (χ1n) is 10.7. The van der Waals surface area contributed by atoms with Crippen molar-refractivity contribution < 1.29 is 23.8 Å². The van der Waals surface area contributed by atoms with Gasteiger partial charge in [0.25, 0.3) is 11.7 Å². The molecule has 1 aliphatic rings. The summed E-state index contributed by atoms with van der Waals surface area (Å²) >= 11 is 0. The molecule has 8 heteroatoms. The van der Waals surface area contributed by atoms with Gasteiger partial charge in [0, 0.05) is 31.0 Å². The number of likely N-dealkylation sites (tertiary alicyclic amines) is 1. The number of aliphatic hydroxyl groups excluding tert-OH is 1. The Balaban J connectivity index is 1.71. The fraction of sp³-hybridized carbons (Fsp3) is 0.240. The van der Waals surface area contributed by atoms with Crippen LogP contribution in [0.3, 0.4) is 0 Å². The van der Waals surface area contributed by atoms with E-state index in [2.05, 4.69) is 4.98 Å². The third kappa shape index (κ3) is 4.64. The first-order chi connectivity index (χ1) is 16.0. The molecule has 0 unspecified atom stereocenters. The Kier molecular flexibility index (Phi) is 6.53. The third-order valence-electron chi connectivity index (χ3n) is 5.54. The van der Waals surface area contributed by atoms with Gasteiger partial charge in [-0.3, -0.25) is 9.59 Å². The first kappa shape index (κ1) is 22.3. The quantitative estimate of drug-likeness (QED) is 0.320. The van der Waals surface area contributed by atoms with E-state index < -0.39 is 23.5 Å². The lowest BCUT2D eigenvalue weighted by atomic mass is 9.95. The molecule has 0 spiro atoms. The number of ether oxygens (including phenoxy) is 1. The normalized spacial score (nSPS) is 17.5. The maximum Gasteiger partial charge on any atom is 0.295 e. The topological polar surface area (TPSA) is 84.7 Å². The van der Waals surface area contributed by atoms with Crippen LogP contribution in [-0.2, 0) is 16.1 Å². The van der Waals surface area contributed by atoms with Gasteiger partial charge in [0.15, 0.2) is 0 Å². The zero-order chi connectivity index (χ0) is 23.4. The molecule has 33 heavy (non-hydrogen) atoms. The van der Waals surface area contributed by atoms with E-state index in [1.165, 1.54) is 29.2 Å². The zero-order valence-electron chi connectivity index (χ0n) is 18.1. The number of Topliss-reactive ketones (excluding diaryl/α,β-unsaturated/α-hetero) is 1. The van der Waals surface area contributed by atoms with Crippen LogP contribution in [0, 0.1) is 5.82 Å². The van der Waals surface area contributed by atoms with Crippen molar-refractivity contribution in [2.75, 3.05) is 13.2 Å². The van der Waals surface area contributed by atoms with Gasteiger partial charge in [0.05, 0.1) is 24.5 Å². The van der Waals surface area contributed by atoms with Gasteiger partial charge in [0.1, 0.15) is 17.3 Å². The number of aliphatic hydroxyl groups is 1. The number of hydrogen-bond acceptors (Lipinski definition) is 5. The summed E-state index contributed by atoms with van der Waals surface area (Å²) in [7, 11) is 0. The largest absolute Gasteiger partial charge is 0.507 e. The number of amides is 1. The molecule has 7 nitrogen and oxygen atoms in total. The number of nitrogens with zero attached hydrogens (tertiary/aromatic N) is 3. The number of imidazole rings is 1. The number of carbonyl (C=O) groups excluding carboxylic acids is 2. The van der Waals surface area contributed by atoms with E-state index in [4.69, 9.17) is 4.74 Å². The van der Waals surface area contributed by atoms with Crippen molar-refractivity contribution in [3.8, 4) is 5.75 Å². The minimum absolute atomic E-state index is 0.0154. The molecule has 0 aliphatic carbocycles. The van der Waals surface area contributed by atoms with Gasteiger partial charge in [-0.25, -0.2) is 9.37 Å². The highest BCUT2D eigenvalue weighted by atomic mass is 19.1. The molecule has 2 heterocycles. The molecule has 1 saturated heterocycles. The van der Waals surface area contributed by atoms with E-state index >= 15 is 0 Å². The average molecular weight is 449 g/mol. The Morgan fingerprint density at radius 1 is 1.09 bits per heavy atom. The van der Waals surface area contributed by atoms with Crippen LogP contribution in [0.25, 0.3) is 5.76 Å². The van der Waals surface area contributed by atoms with Crippen molar-refractivity contribution in [1.29, 1.82) is 0 Å². The second-order valence-corrected chi connectivity index (χ2v) is 7.66. The summed E-state index contributed by atoms with van der Waals surface area (Å²) in [5.41, 5.74) is 0.922. The number of aromatic nitrogens is 2. The predicted octanol–water partition coefficient (Wildman–Crippen LogP) is 3.93. The maximum absolute atomic E-state index is 13.4. The van der Waals surface area contributed by atoms with E-state index in [0.717, 1.165) is 0 Å². The number of carbonyl (C=O) groups is 2. The van der Waals surface area contributed by atoms with Gasteiger partial charge >= 0.3 is 0 Å². The van der Waals surface area contributed by atoms with Crippen LogP contribution in [0.4, 0.5) is 4.39 Å². The summed E-state index contributed by atoms with van der Waals surface area (Å²) in [6, 6.07) is 11.5. The van der Waals surface area contributed by atoms with Gasteiger partial charge < -0.3 is 19.3 Å². The molecule has 4 rings (SSSR count). The lowest BCUT2D eigenvalue weighted by Crippen LogP contribution is -2.31. The Morgan fingerprint density at radius 2 is 1.82 bits per heavy atom. The highest BCUT2D eigenvalue weighted by Gasteiger charge is 2.45. The number of hydrogen-bond donors (Lipinski definition) is 1. The van der Waals surface area contributed by atoms with Crippen molar-refractivity contribution in [2.24, 2.45) is 0 Å². The van der Waals surface area contributed by atoms with E-state index in [-0.39, 0.29) is 16.9 Å². The van der Waals surface area contributed by atoms with Crippen LogP contribution in [0.5, 0.6) is 5.75 Å². The number of halogens is 1. The molecular formula is C25H24FN3O4. The fourth-order valence-corrected chi connectivity index (χ4v) is 3.98. The number of benzene rings is 2. The maximum atomic E-state index is 13.4. The van der Waals surface area contributed by atoms with E-state index in [9.17, 15) is 19.1 Å². The van der Waals surface area contributed by atoms with E-state index in [1.54, 1.807) is 36.8 Å². The molecule has 1 N–H and O–H groups in total. The van der Waals surface area contributed by atoms with Gasteiger partial charge in [-0.05, 0) is 55.3 Å². The molecule has 1 fully saturated rings. The Bertz CT molecular complexity index is 1160. The second-order valence-electron chi connectivity index (χ2n) is 7.66. The van der Waals surface area contributed by atoms with Crippen molar-refractivity contribution in [1.82, 2.24) is 14.5 Å². The Labute approximate surface area is 190 Å². The summed E-state index contributed by atoms with van der Waals surface area (Å²) in [6.07, 6.45) is 5.78. The Morgan fingerprint density at radius 3 is 2.45 bits per heavy atom. The standard InChI is InChI=1S/C25H24FN3O4/c1-2-33-20-10-6-17(7-11-20)22-21(23(30)18-4-8-19(26)9-5-18)24(31)25(32)29(22)14-3-13-28-15-12-27-16-28/h4-12,15-16,22,30H,2-3,13-14H2,1H3/t22-/m1/s1. The van der Waals surface area contributed by atoms with Crippen LogP contribution >= 0.6 is 0 Å². The van der Waals surface area contributed by atoms with Crippen molar-refractivity contribution in [2.45, 2.75) is 25.9 Å². The molecule has 0 bridgehead atoms. The van der Waals surface area contributed by atoms with Crippen LogP contribution < -0.4 is 4.74 Å². The first-order valence-corrected chi connectivity index (χ1v) is 10.7. The van der Waals surface area contributed by atoms with E-state index in [0.29, 0.717) is 37.4 Å². The van der Waals surface area contributed by atoms with Crippen LogP contribution in [-0.4, -0.2) is 44.4 Å². The number of rotatable bonds is 8. The molecule has 1 amide bonds. The van der Waals surface area contributed by atoms with Gasteiger partial charge in [0.2, 0.25) is 0 Å². The molecule has 0 radical (unpaired) electrons. The second kappa shape index (κ2) is 9.68. The molecule has 0 saturated carbocycles. The molecule has 3 aromatic rings. The molecule has 1 aliphatic heterocycles. The molecule has 1 aromatic heterocycles. The van der Waals surface area contributed by atoms with Gasteiger partial charge in [-0.1, -0.05) is 12.1 Å². The number of aryl methyl sites for hydroxylation is 1. The van der Waals surface area contributed by atoms with Crippen molar-refractivity contribution >= 4 is 17.4 Å². The lowest BCUT2D eigenvalue weighted by Gasteiger charge is -2.25. The summed E-state index contributed by atoms with van der Waals surface area (Å²) in [5, 5.41) is 11.0. The fourth-order valence-electron chi connectivity index (χ4n) is 3.98. The predicted molar refractivity (Wildman–Crippen MR) is 120 cm³/mol. The zero-order valence-corrected chi connectivity index (χ0v) is 18.1. The average Bonchev–Trinajstić information content (AvgIpc) is 3.42. The van der Waals surface area contributed by atoms with E-state index in [1.807, 2.05) is 17.7 Å².